The maximum Gasteiger partial charge on any atom is 0.0721 e. The standard InChI is InChI=1S/C16H17Cl2N/c1-2-13(11-12-7-4-3-5-8-12)19-16-14(17)9-6-10-15(16)18/h3-10,13,19H,2,11H2,1H3. The Morgan fingerprint density at radius 3 is 2.16 bits per heavy atom. The maximum atomic E-state index is 6.19. The van der Waals surface area contributed by atoms with Crippen LogP contribution in [-0.2, 0) is 6.42 Å². The Kier molecular flexibility index (Phi) is 5.12. The summed E-state index contributed by atoms with van der Waals surface area (Å²) in [5.41, 5.74) is 2.14. The number of rotatable bonds is 5. The van der Waals surface area contributed by atoms with Crippen molar-refractivity contribution in [2.75, 3.05) is 5.32 Å². The monoisotopic (exact) mass is 293 g/mol. The third-order valence-corrected chi connectivity index (χ3v) is 3.76. The largest absolute Gasteiger partial charge is 0.380 e. The first-order chi connectivity index (χ1) is 9.20. The molecule has 0 amide bonds. The fourth-order valence-electron chi connectivity index (χ4n) is 2.04. The normalized spacial score (nSPS) is 12.2. The molecule has 0 aliphatic carbocycles. The maximum absolute atomic E-state index is 6.19. The van der Waals surface area contributed by atoms with Crippen LogP contribution in [0, 0.1) is 0 Å². The zero-order valence-corrected chi connectivity index (χ0v) is 12.4. The first-order valence-corrected chi connectivity index (χ1v) is 7.20. The third-order valence-electron chi connectivity index (χ3n) is 3.13. The highest BCUT2D eigenvalue weighted by atomic mass is 35.5. The van der Waals surface area contributed by atoms with Gasteiger partial charge in [0.1, 0.15) is 0 Å². The predicted molar refractivity (Wildman–Crippen MR) is 84.3 cm³/mol. The van der Waals surface area contributed by atoms with Crippen molar-refractivity contribution in [1.82, 2.24) is 0 Å². The summed E-state index contributed by atoms with van der Waals surface area (Å²) < 4.78 is 0. The Labute approximate surface area is 124 Å². The zero-order valence-electron chi connectivity index (χ0n) is 10.9. The minimum absolute atomic E-state index is 0.319. The Hall–Kier alpha value is -1.18. The van der Waals surface area contributed by atoms with Crippen molar-refractivity contribution in [3.63, 3.8) is 0 Å². The van der Waals surface area contributed by atoms with Crippen LogP contribution in [0.15, 0.2) is 48.5 Å². The summed E-state index contributed by atoms with van der Waals surface area (Å²) >= 11 is 12.4. The Balaban J connectivity index is 2.11. The zero-order chi connectivity index (χ0) is 13.7. The minimum Gasteiger partial charge on any atom is -0.380 e. The quantitative estimate of drug-likeness (QED) is 0.775. The van der Waals surface area contributed by atoms with Crippen molar-refractivity contribution in [1.29, 1.82) is 0 Å². The molecule has 0 saturated carbocycles. The molecule has 0 saturated heterocycles. The molecule has 2 rings (SSSR count). The van der Waals surface area contributed by atoms with Gasteiger partial charge in [0.15, 0.2) is 0 Å². The average Bonchev–Trinajstić information content (AvgIpc) is 2.43. The summed E-state index contributed by atoms with van der Waals surface area (Å²) in [5, 5.41) is 4.78. The van der Waals surface area contributed by atoms with Crippen LogP contribution in [0.3, 0.4) is 0 Å². The highest BCUT2D eigenvalue weighted by Crippen LogP contribution is 2.31. The lowest BCUT2D eigenvalue weighted by Gasteiger charge is -2.20. The molecule has 0 heterocycles. The van der Waals surface area contributed by atoms with Crippen molar-refractivity contribution < 1.29 is 0 Å². The average molecular weight is 294 g/mol. The van der Waals surface area contributed by atoms with E-state index in [2.05, 4.69) is 36.5 Å². The lowest BCUT2D eigenvalue weighted by molar-refractivity contribution is 0.690. The van der Waals surface area contributed by atoms with Crippen LogP contribution in [0.1, 0.15) is 18.9 Å². The molecule has 1 unspecified atom stereocenters. The Bertz CT molecular complexity index is 505. The van der Waals surface area contributed by atoms with Gasteiger partial charge >= 0.3 is 0 Å². The lowest BCUT2D eigenvalue weighted by Crippen LogP contribution is -2.21. The molecule has 19 heavy (non-hydrogen) atoms. The Morgan fingerprint density at radius 2 is 1.58 bits per heavy atom. The smallest absolute Gasteiger partial charge is 0.0721 e. The molecule has 2 aromatic carbocycles. The van der Waals surface area contributed by atoms with Crippen LogP contribution < -0.4 is 5.32 Å². The summed E-state index contributed by atoms with van der Waals surface area (Å²) in [7, 11) is 0. The van der Waals surface area contributed by atoms with Gasteiger partial charge < -0.3 is 5.32 Å². The molecule has 100 valence electrons. The van der Waals surface area contributed by atoms with Gasteiger partial charge in [-0.05, 0) is 30.5 Å². The number of nitrogens with one attached hydrogen (secondary N) is 1. The van der Waals surface area contributed by atoms with Gasteiger partial charge in [0.2, 0.25) is 0 Å². The Morgan fingerprint density at radius 1 is 0.947 bits per heavy atom. The second-order valence-electron chi connectivity index (χ2n) is 4.54. The van der Waals surface area contributed by atoms with Crippen LogP contribution in [0.25, 0.3) is 0 Å². The van der Waals surface area contributed by atoms with E-state index in [0.717, 1.165) is 18.5 Å². The molecule has 0 aliphatic heterocycles. The second-order valence-corrected chi connectivity index (χ2v) is 5.35. The predicted octanol–water partition coefficient (Wildman–Crippen LogP) is 5.43. The van der Waals surface area contributed by atoms with E-state index in [-0.39, 0.29) is 0 Å². The topological polar surface area (TPSA) is 12.0 Å². The summed E-state index contributed by atoms with van der Waals surface area (Å²) in [4.78, 5) is 0. The van der Waals surface area contributed by atoms with Crippen molar-refractivity contribution >= 4 is 28.9 Å². The molecule has 1 N–H and O–H groups in total. The molecule has 1 nitrogen and oxygen atoms in total. The van der Waals surface area contributed by atoms with E-state index in [1.165, 1.54) is 5.56 Å². The summed E-state index contributed by atoms with van der Waals surface area (Å²) in [6.07, 6.45) is 1.97. The molecule has 1 atom stereocenters. The van der Waals surface area contributed by atoms with Gasteiger partial charge in [0.25, 0.3) is 0 Å². The van der Waals surface area contributed by atoms with E-state index in [1.54, 1.807) is 0 Å². The van der Waals surface area contributed by atoms with Crippen LogP contribution in [-0.4, -0.2) is 6.04 Å². The number of hydrogen-bond donors (Lipinski definition) is 1. The van der Waals surface area contributed by atoms with Crippen molar-refractivity contribution in [3.8, 4) is 0 Å². The molecule has 0 spiro atoms. The van der Waals surface area contributed by atoms with E-state index in [9.17, 15) is 0 Å². The number of anilines is 1. The van der Waals surface area contributed by atoms with Crippen LogP contribution in [0.2, 0.25) is 10.0 Å². The third kappa shape index (κ3) is 3.89. The fourth-order valence-corrected chi connectivity index (χ4v) is 2.54. The molecule has 0 radical (unpaired) electrons. The highest BCUT2D eigenvalue weighted by Gasteiger charge is 2.11. The molecule has 0 aromatic heterocycles. The molecular weight excluding hydrogens is 277 g/mol. The van der Waals surface area contributed by atoms with Gasteiger partial charge in [-0.2, -0.15) is 0 Å². The first kappa shape index (κ1) is 14.2. The van der Waals surface area contributed by atoms with Crippen LogP contribution in [0.5, 0.6) is 0 Å². The van der Waals surface area contributed by atoms with Gasteiger partial charge in [0, 0.05) is 6.04 Å². The SMILES string of the molecule is CCC(Cc1ccccc1)Nc1c(Cl)cccc1Cl. The summed E-state index contributed by atoms with van der Waals surface area (Å²) in [6.45, 7) is 2.16. The van der Waals surface area contributed by atoms with Gasteiger partial charge in [-0.25, -0.2) is 0 Å². The van der Waals surface area contributed by atoms with Gasteiger partial charge in [-0.1, -0.05) is 66.5 Å². The van der Waals surface area contributed by atoms with Crippen LogP contribution >= 0.6 is 23.2 Å². The number of halogens is 2. The van der Waals surface area contributed by atoms with Crippen LogP contribution in [0.4, 0.5) is 5.69 Å². The fraction of sp³-hybridized carbons (Fsp3) is 0.250. The lowest BCUT2D eigenvalue weighted by atomic mass is 10.0. The first-order valence-electron chi connectivity index (χ1n) is 6.45. The van der Waals surface area contributed by atoms with E-state index in [1.807, 2.05) is 24.3 Å². The van der Waals surface area contributed by atoms with E-state index in [0.29, 0.717) is 16.1 Å². The molecular formula is C16H17Cl2N. The van der Waals surface area contributed by atoms with Gasteiger partial charge in [-0.3, -0.25) is 0 Å². The van der Waals surface area contributed by atoms with Gasteiger partial charge in [-0.15, -0.1) is 0 Å². The second kappa shape index (κ2) is 6.83. The number of hydrogen-bond acceptors (Lipinski definition) is 1. The molecule has 0 aliphatic rings. The molecule has 0 bridgehead atoms. The van der Waals surface area contributed by atoms with E-state index >= 15 is 0 Å². The number of para-hydroxylation sites is 1. The molecule has 2 aromatic rings. The summed E-state index contributed by atoms with van der Waals surface area (Å²) in [6, 6.07) is 16.3. The number of benzene rings is 2. The van der Waals surface area contributed by atoms with Crippen molar-refractivity contribution in [2.45, 2.75) is 25.8 Å². The van der Waals surface area contributed by atoms with E-state index < -0.39 is 0 Å². The molecule has 3 heteroatoms. The van der Waals surface area contributed by atoms with Crippen molar-refractivity contribution in [3.05, 3.63) is 64.1 Å². The summed E-state index contributed by atoms with van der Waals surface area (Å²) in [5.74, 6) is 0. The van der Waals surface area contributed by atoms with E-state index in [4.69, 9.17) is 23.2 Å². The van der Waals surface area contributed by atoms with Crippen molar-refractivity contribution in [2.24, 2.45) is 0 Å². The highest BCUT2D eigenvalue weighted by molar-refractivity contribution is 6.39. The van der Waals surface area contributed by atoms with Gasteiger partial charge in [0.05, 0.1) is 15.7 Å². The molecule has 0 fully saturated rings. The minimum atomic E-state index is 0.319.